The maximum absolute atomic E-state index is 13.3. The molecule has 1 aliphatic heterocycles. The van der Waals surface area contributed by atoms with E-state index in [9.17, 15) is 14.7 Å². The molecule has 6 heteroatoms. The van der Waals surface area contributed by atoms with Crippen LogP contribution in [0.15, 0.2) is 24.3 Å². The van der Waals surface area contributed by atoms with Gasteiger partial charge in [-0.1, -0.05) is 62.4 Å². The van der Waals surface area contributed by atoms with Crippen LogP contribution >= 0.6 is 0 Å². The SMILES string of the molecule is CCCCCCC1(C)Nc2c(C)c(-c3ccc(C)cc3)c([C@H](OC(C)(C)C)C(=O)O)c(C)c2NC1=O. The van der Waals surface area contributed by atoms with Crippen molar-refractivity contribution in [3.63, 3.8) is 0 Å². The summed E-state index contributed by atoms with van der Waals surface area (Å²) in [4.78, 5) is 25.9. The molecule has 6 nitrogen and oxygen atoms in total. The van der Waals surface area contributed by atoms with Crippen molar-refractivity contribution in [1.29, 1.82) is 0 Å². The molecule has 0 aliphatic carbocycles. The van der Waals surface area contributed by atoms with Gasteiger partial charge in [0.1, 0.15) is 5.54 Å². The predicted molar refractivity (Wildman–Crippen MR) is 147 cm³/mol. The number of unbranched alkanes of at least 4 members (excludes halogenated alkanes) is 3. The standard InChI is InChI=1S/C30H42N2O4/c1-9-10-11-12-17-30(8)28(35)31-24-20(4)23(26(27(33)34)36-29(5,6)7)22(19(3)25(24)32-30)21-15-13-18(2)14-16-21/h13-16,26,32H,9-12,17H2,1-8H3,(H,31,35)(H,33,34)/t26-,30?/m0/s1. The van der Waals surface area contributed by atoms with Crippen LogP contribution in [0, 0.1) is 20.8 Å². The number of aliphatic carboxylic acids is 1. The number of amides is 1. The molecule has 3 N–H and O–H groups in total. The van der Waals surface area contributed by atoms with Gasteiger partial charge in [0.25, 0.3) is 0 Å². The minimum absolute atomic E-state index is 0.0911. The van der Waals surface area contributed by atoms with Gasteiger partial charge in [0.2, 0.25) is 5.91 Å². The molecular formula is C30H42N2O4. The van der Waals surface area contributed by atoms with Gasteiger partial charge in [-0.3, -0.25) is 4.79 Å². The number of carboxylic acids is 1. The van der Waals surface area contributed by atoms with Crippen molar-refractivity contribution >= 4 is 23.3 Å². The van der Waals surface area contributed by atoms with E-state index in [1.54, 1.807) is 0 Å². The molecule has 1 heterocycles. The smallest absolute Gasteiger partial charge is 0.337 e. The monoisotopic (exact) mass is 494 g/mol. The predicted octanol–water partition coefficient (Wildman–Crippen LogP) is 7.31. The zero-order valence-electron chi connectivity index (χ0n) is 23.1. The molecule has 0 fully saturated rings. The fraction of sp³-hybridized carbons (Fsp3) is 0.533. The molecule has 36 heavy (non-hydrogen) atoms. The van der Waals surface area contributed by atoms with Crippen molar-refractivity contribution in [2.45, 2.75) is 105 Å². The van der Waals surface area contributed by atoms with E-state index in [-0.39, 0.29) is 5.91 Å². The molecule has 2 aromatic rings. The van der Waals surface area contributed by atoms with E-state index in [2.05, 4.69) is 17.6 Å². The molecule has 2 atom stereocenters. The van der Waals surface area contributed by atoms with Crippen LogP contribution in [0.25, 0.3) is 11.1 Å². The van der Waals surface area contributed by atoms with Crippen molar-refractivity contribution < 1.29 is 19.4 Å². The Kier molecular flexibility index (Phi) is 8.19. The van der Waals surface area contributed by atoms with Gasteiger partial charge in [0.15, 0.2) is 6.10 Å². The number of benzene rings is 2. The highest BCUT2D eigenvalue weighted by Gasteiger charge is 2.41. The second kappa shape index (κ2) is 10.6. The van der Waals surface area contributed by atoms with Crippen LogP contribution in [0.5, 0.6) is 0 Å². The Labute approximate surface area is 215 Å². The Bertz CT molecular complexity index is 1130. The largest absolute Gasteiger partial charge is 0.479 e. The first kappa shape index (κ1) is 27.7. The van der Waals surface area contributed by atoms with E-state index in [1.165, 1.54) is 0 Å². The van der Waals surface area contributed by atoms with E-state index >= 15 is 0 Å². The van der Waals surface area contributed by atoms with Gasteiger partial charge in [0.05, 0.1) is 17.0 Å². The van der Waals surface area contributed by atoms with Crippen molar-refractivity contribution in [3.8, 4) is 11.1 Å². The van der Waals surface area contributed by atoms with Crippen molar-refractivity contribution in [1.82, 2.24) is 0 Å². The summed E-state index contributed by atoms with van der Waals surface area (Å²) in [6.45, 7) is 15.6. The lowest BCUT2D eigenvalue weighted by Gasteiger charge is -2.39. The molecule has 2 aromatic carbocycles. The van der Waals surface area contributed by atoms with Gasteiger partial charge in [-0.2, -0.15) is 0 Å². The van der Waals surface area contributed by atoms with Gasteiger partial charge < -0.3 is 20.5 Å². The molecular weight excluding hydrogens is 452 g/mol. The summed E-state index contributed by atoms with van der Waals surface area (Å²) in [5.41, 5.74) is 5.13. The zero-order chi connectivity index (χ0) is 26.8. The van der Waals surface area contributed by atoms with Crippen LogP contribution in [-0.2, 0) is 14.3 Å². The highest BCUT2D eigenvalue weighted by atomic mass is 16.5. The highest BCUT2D eigenvalue weighted by Crippen LogP contribution is 2.48. The third-order valence-corrected chi connectivity index (χ3v) is 7.02. The number of rotatable bonds is 9. The normalized spacial score (nSPS) is 18.3. The Morgan fingerprint density at radius 2 is 1.67 bits per heavy atom. The number of nitrogens with one attached hydrogen (secondary N) is 2. The Balaban J connectivity index is 2.23. The van der Waals surface area contributed by atoms with E-state index < -0.39 is 23.2 Å². The average molecular weight is 495 g/mol. The maximum Gasteiger partial charge on any atom is 0.337 e. The van der Waals surface area contributed by atoms with Crippen molar-refractivity contribution in [2.75, 3.05) is 10.6 Å². The van der Waals surface area contributed by atoms with Gasteiger partial charge in [-0.25, -0.2) is 4.79 Å². The third-order valence-electron chi connectivity index (χ3n) is 7.02. The number of ether oxygens (including phenoxy) is 1. The van der Waals surface area contributed by atoms with Gasteiger partial charge >= 0.3 is 5.97 Å². The van der Waals surface area contributed by atoms with Crippen LogP contribution in [0.4, 0.5) is 11.4 Å². The third kappa shape index (κ3) is 5.75. The highest BCUT2D eigenvalue weighted by molar-refractivity contribution is 6.09. The van der Waals surface area contributed by atoms with Gasteiger partial charge in [0, 0.05) is 5.56 Å². The van der Waals surface area contributed by atoms with E-state index in [1.807, 2.05) is 72.7 Å². The minimum atomic E-state index is -1.19. The molecule has 0 aromatic heterocycles. The summed E-state index contributed by atoms with van der Waals surface area (Å²) in [5.74, 6) is -1.15. The number of carbonyl (C=O) groups excluding carboxylic acids is 1. The number of carboxylic acid groups (broad SMARTS) is 1. The molecule has 0 saturated heterocycles. The Morgan fingerprint density at radius 1 is 1.03 bits per heavy atom. The molecule has 196 valence electrons. The van der Waals surface area contributed by atoms with Crippen LogP contribution in [0.2, 0.25) is 0 Å². The number of aryl methyl sites for hydroxylation is 1. The molecule has 1 aliphatic rings. The number of fused-ring (bicyclic) bond motifs is 1. The molecule has 0 saturated carbocycles. The lowest BCUT2D eigenvalue weighted by molar-refractivity contribution is -0.160. The minimum Gasteiger partial charge on any atom is -0.479 e. The Hall–Kier alpha value is -2.86. The van der Waals surface area contributed by atoms with E-state index in [0.29, 0.717) is 16.8 Å². The zero-order valence-corrected chi connectivity index (χ0v) is 23.1. The summed E-state index contributed by atoms with van der Waals surface area (Å²) in [5, 5.41) is 17.0. The lowest BCUT2D eigenvalue weighted by Crippen LogP contribution is -2.50. The van der Waals surface area contributed by atoms with E-state index in [0.717, 1.165) is 60.0 Å². The van der Waals surface area contributed by atoms with Gasteiger partial charge in [-0.05, 0) is 77.1 Å². The van der Waals surface area contributed by atoms with Crippen LogP contribution in [-0.4, -0.2) is 28.1 Å². The number of hydrogen-bond acceptors (Lipinski definition) is 4. The summed E-state index contributed by atoms with van der Waals surface area (Å²) in [6.07, 6.45) is 3.87. The summed E-state index contributed by atoms with van der Waals surface area (Å²) in [6, 6.07) is 8.10. The van der Waals surface area contributed by atoms with Crippen LogP contribution in [0.3, 0.4) is 0 Å². The first-order valence-corrected chi connectivity index (χ1v) is 13.0. The van der Waals surface area contributed by atoms with Crippen LogP contribution < -0.4 is 10.6 Å². The van der Waals surface area contributed by atoms with Crippen molar-refractivity contribution in [2.24, 2.45) is 0 Å². The fourth-order valence-corrected chi connectivity index (χ4v) is 5.01. The number of hydrogen-bond donors (Lipinski definition) is 3. The lowest BCUT2D eigenvalue weighted by atomic mass is 9.83. The number of anilines is 2. The molecule has 0 bridgehead atoms. The Morgan fingerprint density at radius 3 is 2.22 bits per heavy atom. The van der Waals surface area contributed by atoms with Crippen LogP contribution in [0.1, 0.15) is 95.1 Å². The van der Waals surface area contributed by atoms with Gasteiger partial charge in [-0.15, -0.1) is 0 Å². The molecule has 3 rings (SSSR count). The maximum atomic E-state index is 13.3. The quantitative estimate of drug-likeness (QED) is 0.318. The number of carbonyl (C=O) groups is 2. The van der Waals surface area contributed by atoms with Crippen molar-refractivity contribution in [3.05, 3.63) is 46.5 Å². The molecule has 0 radical (unpaired) electrons. The summed E-state index contributed by atoms with van der Waals surface area (Å²) in [7, 11) is 0. The molecule has 1 amide bonds. The fourth-order valence-electron chi connectivity index (χ4n) is 5.01. The average Bonchev–Trinajstić information content (AvgIpc) is 2.79. The second-order valence-corrected chi connectivity index (χ2v) is 11.3. The topological polar surface area (TPSA) is 87.7 Å². The summed E-state index contributed by atoms with van der Waals surface area (Å²) < 4.78 is 6.11. The first-order valence-electron chi connectivity index (χ1n) is 13.0. The first-order chi connectivity index (χ1) is 16.8. The second-order valence-electron chi connectivity index (χ2n) is 11.3. The summed E-state index contributed by atoms with van der Waals surface area (Å²) >= 11 is 0. The molecule has 1 unspecified atom stereocenters. The van der Waals surface area contributed by atoms with E-state index in [4.69, 9.17) is 4.74 Å². The molecule has 0 spiro atoms.